The molecule has 2 N–H and O–H groups in total. The predicted molar refractivity (Wildman–Crippen MR) is 62.8 cm³/mol. The van der Waals surface area contributed by atoms with E-state index in [0.29, 0.717) is 0 Å². The van der Waals surface area contributed by atoms with Crippen molar-refractivity contribution < 1.29 is 22.7 Å². The lowest BCUT2D eigenvalue weighted by atomic mass is 10.2. The molecule has 0 radical (unpaired) electrons. The average Bonchev–Trinajstić information content (AvgIpc) is 2.38. The van der Waals surface area contributed by atoms with Gasteiger partial charge in [-0.05, 0) is 12.1 Å². The van der Waals surface area contributed by atoms with Crippen molar-refractivity contribution in [3.8, 4) is 5.75 Å². The zero-order valence-corrected chi connectivity index (χ0v) is 9.89. The molecule has 0 amide bonds. The van der Waals surface area contributed by atoms with E-state index in [1.165, 1.54) is 18.3 Å². The number of nitrogens with zero attached hydrogens (tertiary/aromatic N) is 2. The monoisotopic (exact) mass is 283 g/mol. The molecule has 0 saturated carbocycles. The van der Waals surface area contributed by atoms with Crippen molar-refractivity contribution in [2.75, 3.05) is 5.73 Å². The van der Waals surface area contributed by atoms with E-state index in [0.717, 1.165) is 18.3 Å². The largest absolute Gasteiger partial charge is 0.421 e. The molecule has 2 rings (SSSR count). The minimum atomic E-state index is -4.63. The Morgan fingerprint density at radius 1 is 1.20 bits per heavy atom. The van der Waals surface area contributed by atoms with E-state index >= 15 is 0 Å². The number of hydrogen-bond acceptors (Lipinski definition) is 5. The molecule has 2 aromatic rings. The maximum absolute atomic E-state index is 12.7. The Morgan fingerprint density at radius 3 is 2.55 bits per heavy atom. The SMILES string of the molecule is Nc1cncc(C(=O)Oc2ccccc2C(F)(F)F)n1. The number of alkyl halides is 3. The summed E-state index contributed by atoms with van der Waals surface area (Å²) in [4.78, 5) is 18.9. The summed E-state index contributed by atoms with van der Waals surface area (Å²) in [6.07, 6.45) is -2.38. The second kappa shape index (κ2) is 5.16. The highest BCUT2D eigenvalue weighted by Gasteiger charge is 2.34. The highest BCUT2D eigenvalue weighted by Crippen LogP contribution is 2.36. The Hall–Kier alpha value is -2.64. The van der Waals surface area contributed by atoms with Crippen molar-refractivity contribution in [2.45, 2.75) is 6.18 Å². The van der Waals surface area contributed by atoms with Crippen LogP contribution in [0.5, 0.6) is 5.75 Å². The van der Waals surface area contributed by atoms with E-state index in [2.05, 4.69) is 9.97 Å². The van der Waals surface area contributed by atoms with Crippen molar-refractivity contribution in [1.82, 2.24) is 9.97 Å². The molecule has 8 heteroatoms. The molecule has 0 aliphatic carbocycles. The number of carbonyl (C=O) groups is 1. The summed E-state index contributed by atoms with van der Waals surface area (Å²) >= 11 is 0. The second-order valence-electron chi connectivity index (χ2n) is 3.71. The Labute approximate surface area is 111 Å². The van der Waals surface area contributed by atoms with Gasteiger partial charge in [-0.3, -0.25) is 4.98 Å². The summed E-state index contributed by atoms with van der Waals surface area (Å²) in [5.41, 5.74) is 4.00. The first-order valence-electron chi connectivity index (χ1n) is 5.34. The minimum Gasteiger partial charge on any atom is -0.421 e. The second-order valence-corrected chi connectivity index (χ2v) is 3.71. The Morgan fingerprint density at radius 2 is 1.90 bits per heavy atom. The molecule has 5 nitrogen and oxygen atoms in total. The molecule has 0 aliphatic heterocycles. The first kappa shape index (κ1) is 13.8. The van der Waals surface area contributed by atoms with Crippen molar-refractivity contribution >= 4 is 11.8 Å². The Kier molecular flexibility index (Phi) is 3.55. The Bertz CT molecular complexity index is 644. The van der Waals surface area contributed by atoms with Gasteiger partial charge in [0.05, 0.1) is 18.0 Å². The van der Waals surface area contributed by atoms with Crippen LogP contribution in [0.2, 0.25) is 0 Å². The van der Waals surface area contributed by atoms with Crippen LogP contribution >= 0.6 is 0 Å². The van der Waals surface area contributed by atoms with E-state index in [-0.39, 0.29) is 11.5 Å². The van der Waals surface area contributed by atoms with Crippen LogP contribution in [0.3, 0.4) is 0 Å². The number of nitrogen functional groups attached to an aromatic ring is 1. The Balaban J connectivity index is 2.29. The zero-order chi connectivity index (χ0) is 14.8. The standard InChI is InChI=1S/C12H8F3N3O2/c13-12(14,15)7-3-1-2-4-9(7)20-11(19)8-5-17-6-10(16)18-8/h1-6H,(H2,16,18). The molecule has 0 aliphatic rings. The number of benzene rings is 1. The molecular weight excluding hydrogens is 275 g/mol. The average molecular weight is 283 g/mol. The molecule has 20 heavy (non-hydrogen) atoms. The molecule has 1 aromatic heterocycles. The number of para-hydroxylation sites is 1. The summed E-state index contributed by atoms with van der Waals surface area (Å²) in [5, 5.41) is 0. The van der Waals surface area contributed by atoms with Gasteiger partial charge in [0.1, 0.15) is 11.6 Å². The van der Waals surface area contributed by atoms with E-state index < -0.39 is 23.5 Å². The molecule has 1 aromatic carbocycles. The van der Waals surface area contributed by atoms with Crippen molar-refractivity contribution in [3.63, 3.8) is 0 Å². The summed E-state index contributed by atoms with van der Waals surface area (Å²) in [7, 11) is 0. The quantitative estimate of drug-likeness (QED) is 0.676. The summed E-state index contributed by atoms with van der Waals surface area (Å²) < 4.78 is 42.9. The van der Waals surface area contributed by atoms with Crippen LogP contribution in [0.1, 0.15) is 16.1 Å². The van der Waals surface area contributed by atoms with Crippen LogP contribution in [-0.2, 0) is 6.18 Å². The number of ether oxygens (including phenoxy) is 1. The first-order valence-corrected chi connectivity index (χ1v) is 5.34. The molecule has 0 saturated heterocycles. The van der Waals surface area contributed by atoms with Crippen molar-refractivity contribution in [1.29, 1.82) is 0 Å². The number of anilines is 1. The van der Waals surface area contributed by atoms with Gasteiger partial charge in [-0.2, -0.15) is 13.2 Å². The predicted octanol–water partition coefficient (Wildman–Crippen LogP) is 2.30. The maximum Gasteiger partial charge on any atom is 0.419 e. The van der Waals surface area contributed by atoms with Gasteiger partial charge in [0, 0.05) is 0 Å². The van der Waals surface area contributed by atoms with Crippen molar-refractivity contribution in [3.05, 3.63) is 47.9 Å². The lowest BCUT2D eigenvalue weighted by Crippen LogP contribution is -2.15. The lowest BCUT2D eigenvalue weighted by Gasteiger charge is -2.12. The van der Waals surface area contributed by atoms with Crippen LogP contribution in [0.15, 0.2) is 36.7 Å². The molecule has 0 atom stereocenters. The van der Waals surface area contributed by atoms with Gasteiger partial charge in [-0.25, -0.2) is 9.78 Å². The van der Waals surface area contributed by atoms with Crippen LogP contribution in [-0.4, -0.2) is 15.9 Å². The third-order valence-corrected chi connectivity index (χ3v) is 2.26. The van der Waals surface area contributed by atoms with Gasteiger partial charge in [0.15, 0.2) is 5.69 Å². The van der Waals surface area contributed by atoms with Crippen LogP contribution in [0.4, 0.5) is 19.0 Å². The van der Waals surface area contributed by atoms with Gasteiger partial charge in [0.2, 0.25) is 0 Å². The number of aromatic nitrogens is 2. The molecule has 0 spiro atoms. The minimum absolute atomic E-state index is 0.0384. The van der Waals surface area contributed by atoms with Gasteiger partial charge in [0.25, 0.3) is 0 Å². The summed E-state index contributed by atoms with van der Waals surface area (Å²) in [6, 6.07) is 4.37. The fraction of sp³-hybridized carbons (Fsp3) is 0.0833. The number of nitrogens with two attached hydrogens (primary N) is 1. The van der Waals surface area contributed by atoms with Gasteiger partial charge >= 0.3 is 12.1 Å². The number of esters is 1. The summed E-state index contributed by atoms with van der Waals surface area (Å²) in [5.74, 6) is -1.71. The van der Waals surface area contributed by atoms with E-state index in [4.69, 9.17) is 10.5 Å². The number of carbonyl (C=O) groups excluding carboxylic acids is 1. The molecule has 1 heterocycles. The number of rotatable bonds is 2. The summed E-state index contributed by atoms with van der Waals surface area (Å²) in [6.45, 7) is 0. The van der Waals surface area contributed by atoms with Crippen LogP contribution in [0.25, 0.3) is 0 Å². The lowest BCUT2D eigenvalue weighted by molar-refractivity contribution is -0.138. The fourth-order valence-electron chi connectivity index (χ4n) is 1.42. The fourth-order valence-corrected chi connectivity index (χ4v) is 1.42. The van der Waals surface area contributed by atoms with E-state index in [1.807, 2.05) is 0 Å². The number of hydrogen-bond donors (Lipinski definition) is 1. The highest BCUT2D eigenvalue weighted by molar-refractivity contribution is 5.89. The highest BCUT2D eigenvalue weighted by atomic mass is 19.4. The van der Waals surface area contributed by atoms with E-state index in [1.54, 1.807) is 0 Å². The third-order valence-electron chi connectivity index (χ3n) is 2.26. The molecule has 0 unspecified atom stereocenters. The van der Waals surface area contributed by atoms with Gasteiger partial charge < -0.3 is 10.5 Å². The van der Waals surface area contributed by atoms with E-state index in [9.17, 15) is 18.0 Å². The normalized spacial score (nSPS) is 11.2. The smallest absolute Gasteiger partial charge is 0.419 e. The molecule has 0 fully saturated rings. The molecule has 0 bridgehead atoms. The third kappa shape index (κ3) is 3.02. The zero-order valence-electron chi connectivity index (χ0n) is 9.89. The van der Waals surface area contributed by atoms with Crippen LogP contribution in [0, 0.1) is 0 Å². The molecule has 104 valence electrons. The van der Waals surface area contributed by atoms with Gasteiger partial charge in [-0.15, -0.1) is 0 Å². The number of halogens is 3. The first-order chi connectivity index (χ1) is 9.38. The van der Waals surface area contributed by atoms with Crippen molar-refractivity contribution in [2.24, 2.45) is 0 Å². The molecular formula is C12H8F3N3O2. The van der Waals surface area contributed by atoms with Gasteiger partial charge in [-0.1, -0.05) is 12.1 Å². The maximum atomic E-state index is 12.7. The van der Waals surface area contributed by atoms with Crippen LogP contribution < -0.4 is 10.5 Å². The topological polar surface area (TPSA) is 78.1 Å².